The van der Waals surface area contributed by atoms with Crippen LogP contribution in [0.2, 0.25) is 0 Å². The molecule has 6 heteroatoms. The van der Waals surface area contributed by atoms with Gasteiger partial charge in [0.15, 0.2) is 6.10 Å². The molecule has 0 aromatic carbocycles. The van der Waals surface area contributed by atoms with E-state index in [1.165, 1.54) is 6.92 Å². The molecule has 0 spiro atoms. The highest BCUT2D eigenvalue weighted by Gasteiger charge is 2.18. The number of hydrogen-bond donors (Lipinski definition) is 2. The number of carbonyl (C=O) groups excluding carboxylic acids is 2. The normalized spacial score (nSPS) is 11.9. The molecule has 13 heavy (non-hydrogen) atoms. The number of aliphatic hydroxyl groups excluding tert-OH is 1. The van der Waals surface area contributed by atoms with E-state index in [2.05, 4.69) is 9.47 Å². The second-order valence-corrected chi connectivity index (χ2v) is 2.25. The predicted octanol–water partition coefficient (Wildman–Crippen LogP) is -1.59. The van der Waals surface area contributed by atoms with Gasteiger partial charge in [-0.05, 0) is 6.92 Å². The molecule has 0 amide bonds. The zero-order valence-electron chi connectivity index (χ0n) is 7.36. The van der Waals surface area contributed by atoms with E-state index in [9.17, 15) is 9.59 Å². The maximum Gasteiger partial charge on any atom is 0.347 e. The summed E-state index contributed by atoms with van der Waals surface area (Å²) in [5.41, 5.74) is 5.08. The number of esters is 2. The molecule has 0 aliphatic rings. The highest BCUT2D eigenvalue weighted by molar-refractivity contribution is 5.79. The van der Waals surface area contributed by atoms with E-state index in [4.69, 9.17) is 10.8 Å². The van der Waals surface area contributed by atoms with Crippen LogP contribution < -0.4 is 5.73 Å². The van der Waals surface area contributed by atoms with Gasteiger partial charge in [0.25, 0.3) is 0 Å². The smallest absolute Gasteiger partial charge is 0.347 e. The molecule has 0 fully saturated rings. The second-order valence-electron chi connectivity index (χ2n) is 2.25. The van der Waals surface area contributed by atoms with Crippen molar-refractivity contribution in [1.82, 2.24) is 0 Å². The van der Waals surface area contributed by atoms with Crippen molar-refractivity contribution in [3.05, 3.63) is 0 Å². The maximum absolute atomic E-state index is 10.9. The van der Waals surface area contributed by atoms with Crippen molar-refractivity contribution in [1.29, 1.82) is 0 Å². The summed E-state index contributed by atoms with van der Waals surface area (Å²) >= 11 is 0. The Morgan fingerprint density at radius 3 is 2.62 bits per heavy atom. The van der Waals surface area contributed by atoms with Gasteiger partial charge < -0.3 is 20.3 Å². The van der Waals surface area contributed by atoms with Crippen molar-refractivity contribution >= 4 is 11.9 Å². The molecule has 76 valence electrons. The maximum atomic E-state index is 10.9. The van der Waals surface area contributed by atoms with Gasteiger partial charge in [0.2, 0.25) is 0 Å². The number of aliphatic hydroxyl groups is 1. The standard InChI is InChI=1S/C7H13NO5/c1-5(13-6(10)4-9)7(11)12-3-2-8/h5,9H,2-4,8H2,1H3. The summed E-state index contributed by atoms with van der Waals surface area (Å²) in [6.07, 6.45) is -1.01. The van der Waals surface area contributed by atoms with Crippen LogP contribution in [0.15, 0.2) is 0 Å². The fraction of sp³-hybridized carbons (Fsp3) is 0.714. The zero-order valence-corrected chi connectivity index (χ0v) is 7.36. The van der Waals surface area contributed by atoms with Crippen LogP contribution in [0.4, 0.5) is 0 Å². The molecule has 3 N–H and O–H groups in total. The fourth-order valence-corrected chi connectivity index (χ4v) is 0.559. The van der Waals surface area contributed by atoms with E-state index in [1.54, 1.807) is 0 Å². The number of nitrogens with two attached hydrogens (primary N) is 1. The molecular weight excluding hydrogens is 178 g/mol. The van der Waals surface area contributed by atoms with Crippen LogP contribution in [-0.2, 0) is 19.1 Å². The van der Waals surface area contributed by atoms with Crippen LogP contribution in [0, 0.1) is 0 Å². The third kappa shape index (κ3) is 5.15. The topological polar surface area (TPSA) is 98.8 Å². The Morgan fingerprint density at radius 2 is 2.15 bits per heavy atom. The van der Waals surface area contributed by atoms with E-state index in [-0.39, 0.29) is 13.2 Å². The predicted molar refractivity (Wildman–Crippen MR) is 42.7 cm³/mol. The lowest BCUT2D eigenvalue weighted by molar-refractivity contribution is -0.167. The SMILES string of the molecule is CC(OC(=O)CO)C(=O)OCCN. The molecule has 0 aliphatic heterocycles. The number of carbonyl (C=O) groups is 2. The van der Waals surface area contributed by atoms with Gasteiger partial charge in [0.1, 0.15) is 13.2 Å². The van der Waals surface area contributed by atoms with E-state index in [0.717, 1.165) is 0 Å². The molecule has 0 aromatic rings. The quantitative estimate of drug-likeness (QED) is 0.508. The first kappa shape index (κ1) is 11.9. The summed E-state index contributed by atoms with van der Waals surface area (Å²) in [7, 11) is 0. The average Bonchev–Trinajstić information content (AvgIpc) is 2.13. The second kappa shape index (κ2) is 6.38. The Hall–Kier alpha value is -1.14. The third-order valence-electron chi connectivity index (χ3n) is 1.13. The first-order valence-electron chi connectivity index (χ1n) is 3.78. The zero-order chi connectivity index (χ0) is 10.3. The first-order chi connectivity index (χ1) is 6.11. The largest absolute Gasteiger partial charge is 0.462 e. The molecule has 0 bridgehead atoms. The number of rotatable bonds is 5. The van der Waals surface area contributed by atoms with Crippen molar-refractivity contribution < 1.29 is 24.2 Å². The Bertz CT molecular complexity index is 182. The molecule has 0 aliphatic carbocycles. The first-order valence-corrected chi connectivity index (χ1v) is 3.78. The molecule has 1 unspecified atom stereocenters. The molecule has 0 aromatic heterocycles. The minimum absolute atomic E-state index is 0.0832. The minimum Gasteiger partial charge on any atom is -0.462 e. The fourth-order valence-electron chi connectivity index (χ4n) is 0.559. The minimum atomic E-state index is -1.01. The lowest BCUT2D eigenvalue weighted by Gasteiger charge is -2.10. The molecule has 0 rings (SSSR count). The van der Waals surface area contributed by atoms with Crippen LogP contribution in [0.25, 0.3) is 0 Å². The van der Waals surface area contributed by atoms with Gasteiger partial charge in [-0.15, -0.1) is 0 Å². The Morgan fingerprint density at radius 1 is 1.54 bits per heavy atom. The summed E-state index contributed by atoms with van der Waals surface area (Å²) < 4.78 is 9.03. The highest BCUT2D eigenvalue weighted by atomic mass is 16.6. The molecule has 6 nitrogen and oxygen atoms in total. The molecule has 0 saturated carbocycles. The third-order valence-corrected chi connectivity index (χ3v) is 1.13. The van der Waals surface area contributed by atoms with Crippen molar-refractivity contribution in [3.63, 3.8) is 0 Å². The van der Waals surface area contributed by atoms with Gasteiger partial charge in [-0.1, -0.05) is 0 Å². The highest BCUT2D eigenvalue weighted by Crippen LogP contribution is 1.94. The van der Waals surface area contributed by atoms with Crippen molar-refractivity contribution in [2.75, 3.05) is 19.8 Å². The van der Waals surface area contributed by atoms with Crippen molar-refractivity contribution in [3.8, 4) is 0 Å². The van der Waals surface area contributed by atoms with Gasteiger partial charge in [0.05, 0.1) is 0 Å². The van der Waals surface area contributed by atoms with Crippen molar-refractivity contribution in [2.24, 2.45) is 5.73 Å². The van der Waals surface area contributed by atoms with Gasteiger partial charge >= 0.3 is 11.9 Å². The number of ether oxygens (including phenoxy) is 2. The lowest BCUT2D eigenvalue weighted by Crippen LogP contribution is -2.28. The van der Waals surface area contributed by atoms with Crippen molar-refractivity contribution in [2.45, 2.75) is 13.0 Å². The van der Waals surface area contributed by atoms with Gasteiger partial charge in [-0.25, -0.2) is 9.59 Å². The lowest BCUT2D eigenvalue weighted by atomic mass is 10.4. The van der Waals surface area contributed by atoms with E-state index in [1.807, 2.05) is 0 Å². The molecule has 0 heterocycles. The summed E-state index contributed by atoms with van der Waals surface area (Å²) in [5, 5.41) is 8.29. The molecule has 0 saturated heterocycles. The summed E-state index contributed by atoms with van der Waals surface area (Å²) in [6, 6.07) is 0. The number of hydrogen-bond acceptors (Lipinski definition) is 6. The van der Waals surface area contributed by atoms with Crippen LogP contribution in [0.5, 0.6) is 0 Å². The van der Waals surface area contributed by atoms with Crippen LogP contribution in [0.3, 0.4) is 0 Å². The van der Waals surface area contributed by atoms with E-state index in [0.29, 0.717) is 0 Å². The summed E-state index contributed by atoms with van der Waals surface area (Å²) in [6.45, 7) is 0.896. The Kier molecular flexibility index (Phi) is 5.82. The molecule has 1 atom stereocenters. The van der Waals surface area contributed by atoms with Gasteiger partial charge in [-0.3, -0.25) is 0 Å². The molecule has 0 radical (unpaired) electrons. The van der Waals surface area contributed by atoms with Crippen LogP contribution >= 0.6 is 0 Å². The summed E-state index contributed by atoms with van der Waals surface area (Å²) in [5.74, 6) is -1.54. The Labute approximate surface area is 75.6 Å². The van der Waals surface area contributed by atoms with Gasteiger partial charge in [-0.2, -0.15) is 0 Å². The monoisotopic (exact) mass is 191 g/mol. The van der Waals surface area contributed by atoms with Crippen LogP contribution in [0.1, 0.15) is 6.92 Å². The molecular formula is C7H13NO5. The van der Waals surface area contributed by atoms with E-state index < -0.39 is 24.6 Å². The average molecular weight is 191 g/mol. The van der Waals surface area contributed by atoms with Crippen LogP contribution in [-0.4, -0.2) is 42.9 Å². The Balaban J connectivity index is 3.75. The van der Waals surface area contributed by atoms with E-state index >= 15 is 0 Å². The van der Waals surface area contributed by atoms with Gasteiger partial charge in [0, 0.05) is 6.54 Å². The summed E-state index contributed by atoms with van der Waals surface area (Å²) in [4.78, 5) is 21.4.